The van der Waals surface area contributed by atoms with Gasteiger partial charge in [0.15, 0.2) is 0 Å². The van der Waals surface area contributed by atoms with Crippen LogP contribution in [0.2, 0.25) is 10.0 Å². The molecule has 0 fully saturated rings. The van der Waals surface area contributed by atoms with Gasteiger partial charge in [-0.05, 0) is 55.5 Å². The molecular weight excluding hydrogens is 397 g/mol. The number of aryl methyl sites for hydroxylation is 1. The highest BCUT2D eigenvalue weighted by Crippen LogP contribution is 2.25. The van der Waals surface area contributed by atoms with Crippen molar-refractivity contribution in [3.63, 3.8) is 0 Å². The summed E-state index contributed by atoms with van der Waals surface area (Å²) in [4.78, 5) is 12.6. The van der Waals surface area contributed by atoms with Gasteiger partial charge in [-0.15, -0.1) is 0 Å². The molecule has 0 unspecified atom stereocenters. The number of hydrogen-bond acceptors (Lipinski definition) is 3. The molecule has 0 aliphatic heterocycles. The van der Waals surface area contributed by atoms with Gasteiger partial charge in [-0.2, -0.15) is 0 Å². The van der Waals surface area contributed by atoms with Crippen LogP contribution in [0, 0.1) is 6.92 Å². The number of anilines is 1. The Morgan fingerprint density at radius 1 is 0.964 bits per heavy atom. The third-order valence-corrected chi connectivity index (χ3v) is 4.51. The predicted molar refractivity (Wildman–Crippen MR) is 113 cm³/mol. The quantitative estimate of drug-likeness (QED) is 0.525. The number of carbonyl (C=O) groups is 1. The smallest absolute Gasteiger partial charge is 0.255 e. The summed E-state index contributed by atoms with van der Waals surface area (Å²) in [5.41, 5.74) is 2.92. The zero-order valence-corrected chi connectivity index (χ0v) is 17.0. The van der Waals surface area contributed by atoms with Crippen LogP contribution < -0.4 is 14.8 Å². The van der Waals surface area contributed by atoms with Gasteiger partial charge in [0.25, 0.3) is 5.91 Å². The second kappa shape index (κ2) is 9.00. The second-order valence-electron chi connectivity index (χ2n) is 6.24. The Kier molecular flexibility index (Phi) is 6.45. The molecule has 3 aromatic rings. The van der Waals surface area contributed by atoms with E-state index in [0.29, 0.717) is 27.0 Å². The maximum Gasteiger partial charge on any atom is 0.255 e. The topological polar surface area (TPSA) is 47.6 Å². The third-order valence-electron chi connectivity index (χ3n) is 4.08. The Bertz CT molecular complexity index is 967. The molecule has 3 aromatic carbocycles. The monoisotopic (exact) mass is 415 g/mol. The van der Waals surface area contributed by atoms with Crippen LogP contribution >= 0.6 is 23.2 Å². The van der Waals surface area contributed by atoms with Gasteiger partial charge in [0.05, 0.1) is 7.11 Å². The molecule has 0 aliphatic carbocycles. The van der Waals surface area contributed by atoms with Gasteiger partial charge < -0.3 is 14.8 Å². The molecule has 0 saturated heterocycles. The van der Waals surface area contributed by atoms with E-state index < -0.39 is 0 Å². The molecule has 0 bridgehead atoms. The number of halogens is 2. The Labute approximate surface area is 174 Å². The number of nitrogens with one attached hydrogen (secondary N) is 1. The lowest BCUT2D eigenvalue weighted by Gasteiger charge is -2.13. The molecule has 0 radical (unpaired) electrons. The highest BCUT2D eigenvalue weighted by molar-refractivity contribution is 6.35. The van der Waals surface area contributed by atoms with Crippen LogP contribution in [0.1, 0.15) is 21.5 Å². The first kappa shape index (κ1) is 20.1. The van der Waals surface area contributed by atoms with Gasteiger partial charge in [0.1, 0.15) is 18.1 Å². The van der Waals surface area contributed by atoms with Crippen LogP contribution in [0.15, 0.2) is 60.7 Å². The fraction of sp³-hybridized carbons (Fsp3) is 0.136. The van der Waals surface area contributed by atoms with Crippen LogP contribution in [0.5, 0.6) is 11.5 Å². The standard InChI is InChI=1S/C22H19Cl2NO3/c1-14-3-6-20(7-4-14)28-13-16-9-15(5-8-21(16)27-2)22(26)25-19-11-17(23)10-18(24)12-19/h3-12H,13H2,1-2H3,(H,25,26). The number of rotatable bonds is 6. The van der Waals surface area contributed by atoms with Crippen LogP contribution in [0.25, 0.3) is 0 Å². The van der Waals surface area contributed by atoms with E-state index in [9.17, 15) is 4.79 Å². The average Bonchev–Trinajstić information content (AvgIpc) is 2.66. The number of hydrogen-bond donors (Lipinski definition) is 1. The Morgan fingerprint density at radius 2 is 1.64 bits per heavy atom. The number of benzene rings is 3. The lowest BCUT2D eigenvalue weighted by molar-refractivity contribution is 0.102. The van der Waals surface area contributed by atoms with E-state index in [-0.39, 0.29) is 12.5 Å². The summed E-state index contributed by atoms with van der Waals surface area (Å²) in [7, 11) is 1.58. The number of methoxy groups -OCH3 is 1. The van der Waals surface area contributed by atoms with E-state index >= 15 is 0 Å². The SMILES string of the molecule is COc1ccc(C(=O)Nc2cc(Cl)cc(Cl)c2)cc1COc1ccc(C)cc1. The Morgan fingerprint density at radius 3 is 2.29 bits per heavy atom. The molecule has 28 heavy (non-hydrogen) atoms. The highest BCUT2D eigenvalue weighted by Gasteiger charge is 2.12. The first-order valence-corrected chi connectivity index (χ1v) is 9.34. The van der Waals surface area contributed by atoms with Gasteiger partial charge >= 0.3 is 0 Å². The van der Waals surface area contributed by atoms with E-state index in [1.165, 1.54) is 0 Å². The van der Waals surface area contributed by atoms with Crippen molar-refractivity contribution in [1.82, 2.24) is 0 Å². The summed E-state index contributed by atoms with van der Waals surface area (Å²) < 4.78 is 11.2. The molecule has 0 aromatic heterocycles. The molecule has 144 valence electrons. The molecule has 0 spiro atoms. The van der Waals surface area contributed by atoms with Crippen molar-refractivity contribution < 1.29 is 14.3 Å². The van der Waals surface area contributed by atoms with Crippen LogP contribution in [0.4, 0.5) is 5.69 Å². The van der Waals surface area contributed by atoms with E-state index in [2.05, 4.69) is 5.32 Å². The summed E-state index contributed by atoms with van der Waals surface area (Å²) in [6, 6.07) is 17.8. The summed E-state index contributed by atoms with van der Waals surface area (Å²) >= 11 is 12.0. The molecule has 0 atom stereocenters. The van der Waals surface area contributed by atoms with E-state index in [1.54, 1.807) is 43.5 Å². The molecule has 0 heterocycles. The van der Waals surface area contributed by atoms with Gasteiger partial charge in [-0.3, -0.25) is 4.79 Å². The molecule has 1 amide bonds. The summed E-state index contributed by atoms with van der Waals surface area (Å²) in [6.45, 7) is 2.29. The van der Waals surface area contributed by atoms with Crippen molar-refractivity contribution in [3.05, 3.63) is 87.4 Å². The van der Waals surface area contributed by atoms with Crippen molar-refractivity contribution in [3.8, 4) is 11.5 Å². The zero-order valence-electron chi connectivity index (χ0n) is 15.5. The highest BCUT2D eigenvalue weighted by atomic mass is 35.5. The molecule has 0 aliphatic rings. The molecule has 1 N–H and O–H groups in total. The zero-order chi connectivity index (χ0) is 20.1. The summed E-state index contributed by atoms with van der Waals surface area (Å²) in [5, 5.41) is 3.69. The first-order valence-electron chi connectivity index (χ1n) is 8.58. The van der Waals surface area contributed by atoms with Crippen LogP contribution in [-0.2, 0) is 6.61 Å². The maximum absolute atomic E-state index is 12.6. The summed E-state index contributed by atoms with van der Waals surface area (Å²) in [6.07, 6.45) is 0. The van der Waals surface area contributed by atoms with Crippen LogP contribution in [0.3, 0.4) is 0 Å². The Hall–Kier alpha value is -2.69. The van der Waals surface area contributed by atoms with Crippen molar-refractivity contribution in [2.45, 2.75) is 13.5 Å². The minimum absolute atomic E-state index is 0.274. The molecule has 6 heteroatoms. The van der Waals surface area contributed by atoms with Crippen molar-refractivity contribution in [2.24, 2.45) is 0 Å². The third kappa shape index (κ3) is 5.18. The van der Waals surface area contributed by atoms with Crippen molar-refractivity contribution in [2.75, 3.05) is 12.4 Å². The second-order valence-corrected chi connectivity index (χ2v) is 7.11. The minimum Gasteiger partial charge on any atom is -0.496 e. The van der Waals surface area contributed by atoms with E-state index in [1.807, 2.05) is 31.2 Å². The van der Waals surface area contributed by atoms with Gasteiger partial charge in [-0.25, -0.2) is 0 Å². The van der Waals surface area contributed by atoms with Crippen molar-refractivity contribution in [1.29, 1.82) is 0 Å². The predicted octanol–water partition coefficient (Wildman–Crippen LogP) is 6.14. The van der Waals surface area contributed by atoms with Crippen molar-refractivity contribution >= 4 is 34.8 Å². The maximum atomic E-state index is 12.6. The number of amides is 1. The van der Waals surface area contributed by atoms with Gasteiger partial charge in [0, 0.05) is 26.9 Å². The molecule has 0 saturated carbocycles. The number of ether oxygens (including phenoxy) is 2. The van der Waals surface area contributed by atoms with Gasteiger partial charge in [0.2, 0.25) is 0 Å². The number of carbonyl (C=O) groups excluding carboxylic acids is 1. The lowest BCUT2D eigenvalue weighted by atomic mass is 10.1. The van der Waals surface area contributed by atoms with Crippen LogP contribution in [-0.4, -0.2) is 13.0 Å². The normalized spacial score (nSPS) is 10.4. The average molecular weight is 416 g/mol. The van der Waals surface area contributed by atoms with Gasteiger partial charge in [-0.1, -0.05) is 40.9 Å². The first-order chi connectivity index (χ1) is 13.4. The minimum atomic E-state index is -0.280. The molecule has 3 rings (SSSR count). The molecule has 4 nitrogen and oxygen atoms in total. The lowest BCUT2D eigenvalue weighted by Crippen LogP contribution is -2.13. The fourth-order valence-electron chi connectivity index (χ4n) is 2.66. The fourth-order valence-corrected chi connectivity index (χ4v) is 3.18. The Balaban J connectivity index is 1.77. The van der Waals surface area contributed by atoms with E-state index in [0.717, 1.165) is 16.9 Å². The summed E-state index contributed by atoms with van der Waals surface area (Å²) in [5.74, 6) is 1.11. The van der Waals surface area contributed by atoms with E-state index in [4.69, 9.17) is 32.7 Å². The largest absolute Gasteiger partial charge is 0.496 e. The molecular formula is C22H19Cl2NO3.